The monoisotopic (exact) mass is 402 g/mol. The molecule has 0 radical (unpaired) electrons. The van der Waals surface area contributed by atoms with Gasteiger partial charge in [0.05, 0.1) is 0 Å². The molecule has 1 aliphatic heterocycles. The van der Waals surface area contributed by atoms with Crippen LogP contribution in [0.4, 0.5) is 16.2 Å². The van der Waals surface area contributed by atoms with Crippen molar-refractivity contribution in [3.05, 3.63) is 59.2 Å². The summed E-state index contributed by atoms with van der Waals surface area (Å²) in [7, 11) is 0. The van der Waals surface area contributed by atoms with Crippen molar-refractivity contribution in [2.45, 2.75) is 26.8 Å². The van der Waals surface area contributed by atoms with Gasteiger partial charge in [-0.15, -0.1) is 12.4 Å². The Morgan fingerprint density at radius 1 is 1.14 bits per heavy atom. The number of nitrogens with two attached hydrogens (primary N) is 1. The third kappa shape index (κ3) is 5.03. The molecule has 6 nitrogen and oxygen atoms in total. The Kier molecular flexibility index (Phi) is 7.43. The first-order valence-corrected chi connectivity index (χ1v) is 9.22. The van der Waals surface area contributed by atoms with Crippen LogP contribution in [0.15, 0.2) is 42.5 Å². The van der Waals surface area contributed by atoms with Crippen LogP contribution >= 0.6 is 12.4 Å². The van der Waals surface area contributed by atoms with Gasteiger partial charge in [0.2, 0.25) is 5.91 Å². The first-order valence-electron chi connectivity index (χ1n) is 9.22. The Morgan fingerprint density at radius 2 is 1.86 bits per heavy atom. The SMILES string of the molecule is Cc1ccc(NC(=O)Nc2cccc3c2CCN(C(=O)C(C)CN)C3)cc1.Cl. The number of halogens is 1. The van der Waals surface area contributed by atoms with E-state index < -0.39 is 0 Å². The van der Waals surface area contributed by atoms with Crippen molar-refractivity contribution >= 4 is 35.7 Å². The molecule has 1 unspecified atom stereocenters. The number of hydrogen-bond acceptors (Lipinski definition) is 3. The second-order valence-corrected chi connectivity index (χ2v) is 7.03. The molecule has 150 valence electrons. The van der Waals surface area contributed by atoms with Gasteiger partial charge in [-0.1, -0.05) is 36.8 Å². The standard InChI is InChI=1S/C21H26N4O2.ClH/c1-14-6-8-17(9-7-14)23-21(27)24-19-5-3-4-16-13-25(11-10-18(16)19)20(26)15(2)12-22;/h3-9,15H,10-13,22H2,1-2H3,(H2,23,24,27);1H. The van der Waals surface area contributed by atoms with Gasteiger partial charge in [0.1, 0.15) is 0 Å². The summed E-state index contributed by atoms with van der Waals surface area (Å²) in [4.78, 5) is 26.6. The first-order chi connectivity index (χ1) is 13.0. The number of benzene rings is 2. The minimum atomic E-state index is -0.275. The lowest BCUT2D eigenvalue weighted by molar-refractivity contribution is -0.135. The lowest BCUT2D eigenvalue weighted by Gasteiger charge is -2.31. The topological polar surface area (TPSA) is 87.5 Å². The van der Waals surface area contributed by atoms with E-state index in [4.69, 9.17) is 5.73 Å². The Hall–Kier alpha value is -2.57. The molecule has 28 heavy (non-hydrogen) atoms. The summed E-state index contributed by atoms with van der Waals surface area (Å²) in [6, 6.07) is 13.2. The van der Waals surface area contributed by atoms with Crippen LogP contribution < -0.4 is 16.4 Å². The van der Waals surface area contributed by atoms with Crippen molar-refractivity contribution in [1.82, 2.24) is 4.90 Å². The number of nitrogens with zero attached hydrogens (tertiary/aromatic N) is 1. The summed E-state index contributed by atoms with van der Waals surface area (Å²) in [6.45, 7) is 5.39. The van der Waals surface area contributed by atoms with E-state index in [1.807, 2.05) is 61.2 Å². The highest BCUT2D eigenvalue weighted by Crippen LogP contribution is 2.27. The summed E-state index contributed by atoms with van der Waals surface area (Å²) in [5, 5.41) is 5.78. The molecule has 3 amide bonds. The second-order valence-electron chi connectivity index (χ2n) is 7.03. The summed E-state index contributed by atoms with van der Waals surface area (Å²) in [5.74, 6) is -0.0910. The van der Waals surface area contributed by atoms with Gasteiger partial charge in [0.25, 0.3) is 0 Å². The molecule has 4 N–H and O–H groups in total. The lowest BCUT2D eigenvalue weighted by atomic mass is 9.96. The fourth-order valence-electron chi connectivity index (χ4n) is 3.25. The number of carbonyl (C=O) groups is 2. The maximum Gasteiger partial charge on any atom is 0.323 e. The molecule has 1 atom stereocenters. The van der Waals surface area contributed by atoms with E-state index in [-0.39, 0.29) is 30.3 Å². The van der Waals surface area contributed by atoms with Gasteiger partial charge in [0.15, 0.2) is 0 Å². The lowest BCUT2D eigenvalue weighted by Crippen LogP contribution is -2.41. The Balaban J connectivity index is 0.00000280. The Morgan fingerprint density at radius 3 is 2.54 bits per heavy atom. The van der Waals surface area contributed by atoms with E-state index in [0.717, 1.165) is 28.1 Å². The normalized spacial score (nSPS) is 13.8. The van der Waals surface area contributed by atoms with Crippen LogP contribution in [0, 0.1) is 12.8 Å². The van der Waals surface area contributed by atoms with Gasteiger partial charge < -0.3 is 21.3 Å². The number of aryl methyl sites for hydroxylation is 1. The second kappa shape index (κ2) is 9.57. The van der Waals surface area contributed by atoms with Gasteiger partial charge in [0, 0.05) is 36.9 Å². The van der Waals surface area contributed by atoms with Crippen molar-refractivity contribution < 1.29 is 9.59 Å². The Bertz CT molecular complexity index is 839. The third-order valence-corrected chi connectivity index (χ3v) is 4.91. The van der Waals surface area contributed by atoms with Gasteiger partial charge >= 0.3 is 6.03 Å². The Labute approximate surface area is 171 Å². The van der Waals surface area contributed by atoms with Gasteiger partial charge in [-0.05, 0) is 42.7 Å². The molecule has 7 heteroatoms. The number of amides is 3. The van der Waals surface area contributed by atoms with E-state index in [0.29, 0.717) is 26.1 Å². The van der Waals surface area contributed by atoms with Crippen LogP contribution in [0.1, 0.15) is 23.6 Å². The van der Waals surface area contributed by atoms with Crippen LogP contribution in [0.5, 0.6) is 0 Å². The summed E-state index contributed by atoms with van der Waals surface area (Å²) >= 11 is 0. The number of hydrogen-bond donors (Lipinski definition) is 3. The van der Waals surface area contributed by atoms with Gasteiger partial charge in [-0.25, -0.2) is 4.79 Å². The van der Waals surface area contributed by atoms with Crippen LogP contribution in [0.2, 0.25) is 0 Å². The van der Waals surface area contributed by atoms with Gasteiger partial charge in [-0.3, -0.25) is 4.79 Å². The van der Waals surface area contributed by atoms with Crippen LogP contribution in [0.25, 0.3) is 0 Å². The van der Waals surface area contributed by atoms with E-state index in [1.165, 1.54) is 0 Å². The number of fused-ring (bicyclic) bond motifs is 1. The molecule has 1 heterocycles. The zero-order valence-corrected chi connectivity index (χ0v) is 17.0. The minimum Gasteiger partial charge on any atom is -0.338 e. The number of anilines is 2. The number of nitrogens with one attached hydrogen (secondary N) is 2. The molecule has 0 saturated carbocycles. The molecular weight excluding hydrogens is 376 g/mol. The highest BCUT2D eigenvalue weighted by Gasteiger charge is 2.25. The minimum absolute atomic E-state index is 0. The molecule has 3 rings (SSSR count). The molecule has 2 aromatic carbocycles. The molecule has 0 spiro atoms. The van der Waals surface area contributed by atoms with Crippen molar-refractivity contribution in [2.24, 2.45) is 11.7 Å². The molecule has 0 aliphatic carbocycles. The van der Waals surface area contributed by atoms with Crippen LogP contribution in [-0.4, -0.2) is 29.9 Å². The fourth-order valence-corrected chi connectivity index (χ4v) is 3.25. The average Bonchev–Trinajstić information content (AvgIpc) is 2.68. The maximum atomic E-state index is 12.4. The number of carbonyl (C=O) groups excluding carboxylic acids is 2. The fraction of sp³-hybridized carbons (Fsp3) is 0.333. The predicted molar refractivity (Wildman–Crippen MR) is 115 cm³/mol. The maximum absolute atomic E-state index is 12.4. The van der Waals surface area contributed by atoms with Crippen LogP contribution in [-0.2, 0) is 17.8 Å². The van der Waals surface area contributed by atoms with E-state index >= 15 is 0 Å². The van der Waals surface area contributed by atoms with E-state index in [2.05, 4.69) is 10.6 Å². The molecular formula is C21H27ClN4O2. The van der Waals surface area contributed by atoms with Crippen molar-refractivity contribution in [3.63, 3.8) is 0 Å². The third-order valence-electron chi connectivity index (χ3n) is 4.91. The van der Waals surface area contributed by atoms with E-state index in [9.17, 15) is 9.59 Å². The molecule has 0 aromatic heterocycles. The van der Waals surface area contributed by atoms with Gasteiger partial charge in [-0.2, -0.15) is 0 Å². The molecule has 0 bridgehead atoms. The zero-order chi connectivity index (χ0) is 19.4. The smallest absolute Gasteiger partial charge is 0.323 e. The quantitative estimate of drug-likeness (QED) is 0.730. The largest absolute Gasteiger partial charge is 0.338 e. The van der Waals surface area contributed by atoms with Crippen molar-refractivity contribution in [2.75, 3.05) is 23.7 Å². The summed E-state index contributed by atoms with van der Waals surface area (Å²) in [5.41, 5.74) is 10.4. The zero-order valence-electron chi connectivity index (χ0n) is 16.2. The average molecular weight is 403 g/mol. The predicted octanol–water partition coefficient (Wildman–Crippen LogP) is 3.54. The van der Waals surface area contributed by atoms with Crippen LogP contribution in [0.3, 0.4) is 0 Å². The molecule has 1 aliphatic rings. The van der Waals surface area contributed by atoms with Crippen molar-refractivity contribution in [1.29, 1.82) is 0 Å². The highest BCUT2D eigenvalue weighted by atomic mass is 35.5. The molecule has 2 aromatic rings. The summed E-state index contributed by atoms with van der Waals surface area (Å²) < 4.78 is 0. The molecule has 0 saturated heterocycles. The number of rotatable bonds is 4. The highest BCUT2D eigenvalue weighted by molar-refractivity contribution is 6.00. The van der Waals surface area contributed by atoms with Crippen molar-refractivity contribution in [3.8, 4) is 0 Å². The molecule has 0 fully saturated rings. The number of urea groups is 1. The van der Waals surface area contributed by atoms with E-state index in [1.54, 1.807) is 0 Å². The first kappa shape index (κ1) is 21.7. The summed E-state index contributed by atoms with van der Waals surface area (Å²) in [6.07, 6.45) is 0.708.